The van der Waals surface area contributed by atoms with E-state index in [0.717, 1.165) is 12.8 Å². The lowest BCUT2D eigenvalue weighted by Gasteiger charge is -2.33. The van der Waals surface area contributed by atoms with Gasteiger partial charge in [-0.2, -0.15) is 0 Å². The van der Waals surface area contributed by atoms with Crippen LogP contribution in [0.4, 0.5) is 0 Å². The average molecular weight is 256 g/mol. The Balaban J connectivity index is 2.27. The summed E-state index contributed by atoms with van der Waals surface area (Å²) in [5.41, 5.74) is 10.2. The number of amides is 2. The number of nitrogens with one attached hydrogen (secondary N) is 2. The second-order valence-electron chi connectivity index (χ2n) is 4.84. The summed E-state index contributed by atoms with van der Waals surface area (Å²) >= 11 is 0. The Morgan fingerprint density at radius 1 is 0.889 bits per heavy atom. The molecule has 1 rings (SSSR count). The summed E-state index contributed by atoms with van der Waals surface area (Å²) < 4.78 is 0. The van der Waals surface area contributed by atoms with Crippen molar-refractivity contribution in [2.24, 2.45) is 11.5 Å². The van der Waals surface area contributed by atoms with Crippen LogP contribution >= 0.6 is 0 Å². The monoisotopic (exact) mass is 256 g/mol. The van der Waals surface area contributed by atoms with Crippen LogP contribution in [0.25, 0.3) is 0 Å². The van der Waals surface area contributed by atoms with Gasteiger partial charge in [0.05, 0.1) is 0 Å². The van der Waals surface area contributed by atoms with Crippen LogP contribution in [-0.2, 0) is 9.59 Å². The molecular weight excluding hydrogens is 232 g/mol. The van der Waals surface area contributed by atoms with Crippen LogP contribution in [-0.4, -0.2) is 37.0 Å². The molecule has 0 spiro atoms. The van der Waals surface area contributed by atoms with Gasteiger partial charge in [-0.25, -0.2) is 0 Å². The zero-order chi connectivity index (χ0) is 13.4. The van der Waals surface area contributed by atoms with Gasteiger partial charge in [0.15, 0.2) is 0 Å². The number of carbonyl (C=O) groups is 2. The van der Waals surface area contributed by atoms with Crippen molar-refractivity contribution in [3.8, 4) is 0 Å². The number of carbonyl (C=O) groups excluding carboxylic acids is 2. The zero-order valence-corrected chi connectivity index (χ0v) is 10.8. The molecule has 1 aliphatic carbocycles. The van der Waals surface area contributed by atoms with E-state index in [2.05, 4.69) is 10.6 Å². The minimum Gasteiger partial charge on any atom is -0.370 e. The summed E-state index contributed by atoms with van der Waals surface area (Å²) in [7, 11) is 0. The van der Waals surface area contributed by atoms with E-state index in [1.165, 1.54) is 12.8 Å². The maximum absolute atomic E-state index is 10.7. The summed E-state index contributed by atoms with van der Waals surface area (Å²) in [6, 6.07) is 0.706. The van der Waals surface area contributed by atoms with Gasteiger partial charge in [-0.1, -0.05) is 12.8 Å². The van der Waals surface area contributed by atoms with Crippen molar-refractivity contribution in [3.63, 3.8) is 0 Å². The second kappa shape index (κ2) is 8.05. The fraction of sp³-hybridized carbons (Fsp3) is 0.833. The Kier molecular flexibility index (Phi) is 6.67. The maximum Gasteiger partial charge on any atom is 0.218 e. The number of hydrogen-bond donors (Lipinski definition) is 4. The van der Waals surface area contributed by atoms with Crippen LogP contribution in [0.5, 0.6) is 0 Å². The van der Waals surface area contributed by atoms with E-state index in [4.69, 9.17) is 11.5 Å². The van der Waals surface area contributed by atoms with Gasteiger partial charge in [0.25, 0.3) is 0 Å². The smallest absolute Gasteiger partial charge is 0.218 e. The second-order valence-corrected chi connectivity index (χ2v) is 4.84. The minimum atomic E-state index is -0.281. The number of nitrogens with two attached hydrogens (primary N) is 2. The molecular formula is C12H24N4O2. The third kappa shape index (κ3) is 5.97. The Hall–Kier alpha value is -1.14. The van der Waals surface area contributed by atoms with Crippen LogP contribution in [0.3, 0.4) is 0 Å². The largest absolute Gasteiger partial charge is 0.370 e. The molecule has 0 unspecified atom stereocenters. The van der Waals surface area contributed by atoms with Crippen LogP contribution in [0, 0.1) is 0 Å². The molecule has 0 aromatic rings. The first kappa shape index (κ1) is 14.9. The van der Waals surface area contributed by atoms with Gasteiger partial charge in [0.2, 0.25) is 11.8 Å². The van der Waals surface area contributed by atoms with Gasteiger partial charge in [-0.3, -0.25) is 9.59 Å². The van der Waals surface area contributed by atoms with Crippen LogP contribution in [0.2, 0.25) is 0 Å². The average Bonchev–Trinajstić information content (AvgIpc) is 2.30. The van der Waals surface area contributed by atoms with E-state index in [0.29, 0.717) is 38.0 Å². The van der Waals surface area contributed by atoms with Crippen molar-refractivity contribution in [3.05, 3.63) is 0 Å². The molecule has 1 aliphatic rings. The van der Waals surface area contributed by atoms with E-state index in [1.807, 2.05) is 0 Å². The summed E-state index contributed by atoms with van der Waals surface area (Å²) in [4.78, 5) is 21.4. The Morgan fingerprint density at radius 2 is 1.28 bits per heavy atom. The number of hydrogen-bond acceptors (Lipinski definition) is 4. The molecule has 6 N–H and O–H groups in total. The van der Waals surface area contributed by atoms with Crippen molar-refractivity contribution in [2.75, 3.05) is 13.1 Å². The van der Waals surface area contributed by atoms with Gasteiger partial charge in [0.1, 0.15) is 0 Å². The molecule has 0 bridgehead atoms. The van der Waals surface area contributed by atoms with Gasteiger partial charge in [-0.05, 0) is 12.8 Å². The molecule has 0 aromatic heterocycles. The first-order valence-corrected chi connectivity index (χ1v) is 6.63. The summed E-state index contributed by atoms with van der Waals surface area (Å²) in [5.74, 6) is -0.562. The van der Waals surface area contributed by atoms with E-state index < -0.39 is 0 Å². The van der Waals surface area contributed by atoms with E-state index >= 15 is 0 Å². The maximum atomic E-state index is 10.7. The lowest BCUT2D eigenvalue weighted by Crippen LogP contribution is -2.50. The number of rotatable bonds is 8. The Labute approximate surface area is 108 Å². The first-order chi connectivity index (χ1) is 8.59. The quantitative estimate of drug-likeness (QED) is 0.457. The highest BCUT2D eigenvalue weighted by Gasteiger charge is 2.23. The molecule has 0 aromatic carbocycles. The standard InChI is InChI=1S/C12H24N4O2/c13-11(17)5-7-15-9-3-1-2-4-10(9)16-8-6-12(14)18/h9-10,15-16H,1-8H2,(H2,13,17)(H2,14,18)/t9-,10-/m1/s1. The van der Waals surface area contributed by atoms with Gasteiger partial charge in [0, 0.05) is 38.0 Å². The lowest BCUT2D eigenvalue weighted by atomic mass is 9.90. The Morgan fingerprint density at radius 3 is 1.61 bits per heavy atom. The molecule has 0 aliphatic heterocycles. The van der Waals surface area contributed by atoms with Crippen molar-refractivity contribution < 1.29 is 9.59 Å². The molecule has 0 saturated heterocycles. The SMILES string of the molecule is NC(=O)CCN[C@@H]1CCCC[C@H]1NCCC(N)=O. The van der Waals surface area contributed by atoms with Gasteiger partial charge >= 0.3 is 0 Å². The molecule has 2 amide bonds. The van der Waals surface area contributed by atoms with E-state index in [1.54, 1.807) is 0 Å². The van der Waals surface area contributed by atoms with Crippen LogP contribution in [0.1, 0.15) is 38.5 Å². The predicted octanol–water partition coefficient (Wildman–Crippen LogP) is -0.772. The van der Waals surface area contributed by atoms with Crippen molar-refractivity contribution >= 4 is 11.8 Å². The number of primary amides is 2. The summed E-state index contributed by atoms with van der Waals surface area (Å²) in [5, 5.41) is 6.72. The molecule has 104 valence electrons. The highest BCUT2D eigenvalue weighted by Crippen LogP contribution is 2.18. The molecule has 1 saturated carbocycles. The molecule has 2 atom stereocenters. The minimum absolute atomic E-state index is 0.281. The predicted molar refractivity (Wildman–Crippen MR) is 69.7 cm³/mol. The lowest BCUT2D eigenvalue weighted by molar-refractivity contribution is -0.118. The fourth-order valence-corrected chi connectivity index (χ4v) is 2.38. The highest BCUT2D eigenvalue weighted by atomic mass is 16.1. The normalized spacial score (nSPS) is 23.8. The first-order valence-electron chi connectivity index (χ1n) is 6.63. The molecule has 1 fully saturated rings. The van der Waals surface area contributed by atoms with Crippen LogP contribution < -0.4 is 22.1 Å². The van der Waals surface area contributed by atoms with E-state index in [9.17, 15) is 9.59 Å². The molecule has 0 heterocycles. The molecule has 6 nitrogen and oxygen atoms in total. The van der Waals surface area contributed by atoms with Gasteiger partial charge in [-0.15, -0.1) is 0 Å². The van der Waals surface area contributed by atoms with Gasteiger partial charge < -0.3 is 22.1 Å². The molecule has 18 heavy (non-hydrogen) atoms. The van der Waals surface area contributed by atoms with Crippen molar-refractivity contribution in [2.45, 2.75) is 50.6 Å². The van der Waals surface area contributed by atoms with E-state index in [-0.39, 0.29) is 11.8 Å². The molecule has 6 heteroatoms. The highest BCUT2D eigenvalue weighted by molar-refractivity contribution is 5.74. The Bertz CT molecular complexity index is 255. The topological polar surface area (TPSA) is 110 Å². The molecule has 0 radical (unpaired) electrons. The summed E-state index contributed by atoms with van der Waals surface area (Å²) in [6.45, 7) is 1.24. The van der Waals surface area contributed by atoms with Crippen LogP contribution in [0.15, 0.2) is 0 Å². The van der Waals surface area contributed by atoms with Crippen molar-refractivity contribution in [1.29, 1.82) is 0 Å². The third-order valence-electron chi connectivity index (χ3n) is 3.32. The zero-order valence-electron chi connectivity index (χ0n) is 10.8. The fourth-order valence-electron chi connectivity index (χ4n) is 2.38. The van der Waals surface area contributed by atoms with Crippen molar-refractivity contribution in [1.82, 2.24) is 10.6 Å². The summed E-state index contributed by atoms with van der Waals surface area (Å²) in [6.07, 6.45) is 5.31. The third-order valence-corrected chi connectivity index (χ3v) is 3.32.